The van der Waals surface area contributed by atoms with E-state index in [-0.39, 0.29) is 0 Å². The Morgan fingerprint density at radius 2 is 2.10 bits per heavy atom. The number of aromatic nitrogens is 2. The smallest absolute Gasteiger partial charge is 0.249 e. The highest BCUT2D eigenvalue weighted by molar-refractivity contribution is 5.72. The maximum absolute atomic E-state index is 5.56. The zero-order valence-corrected chi connectivity index (χ0v) is 12.1. The standard InChI is InChI=1S/C17H19N3O/c1-11-19-20-17(21-11)15-4-2-3-5-16(15)18-10-14-9-12-6-7-13(14)8-12/h2-7,12-14,18H,8-10H2,1H3. The Hall–Kier alpha value is -2.10. The number of nitrogens with one attached hydrogen (secondary N) is 1. The molecule has 2 bridgehead atoms. The zero-order valence-electron chi connectivity index (χ0n) is 12.1. The summed E-state index contributed by atoms with van der Waals surface area (Å²) in [4.78, 5) is 0. The third-order valence-electron chi connectivity index (χ3n) is 4.65. The van der Waals surface area contributed by atoms with Crippen molar-refractivity contribution in [2.45, 2.75) is 19.8 Å². The van der Waals surface area contributed by atoms with Crippen molar-refractivity contribution in [3.05, 3.63) is 42.3 Å². The molecule has 108 valence electrons. The molecule has 2 aliphatic carbocycles. The number of rotatable bonds is 4. The van der Waals surface area contributed by atoms with E-state index in [2.05, 4.69) is 33.7 Å². The lowest BCUT2D eigenvalue weighted by Crippen LogP contribution is -2.18. The molecule has 0 amide bonds. The molecule has 1 aromatic carbocycles. The van der Waals surface area contributed by atoms with Gasteiger partial charge in [0.05, 0.1) is 5.56 Å². The van der Waals surface area contributed by atoms with Gasteiger partial charge in [-0.2, -0.15) is 0 Å². The first-order chi connectivity index (χ1) is 10.3. The fraction of sp³-hybridized carbons (Fsp3) is 0.412. The first-order valence-corrected chi connectivity index (χ1v) is 7.61. The number of para-hydroxylation sites is 1. The second-order valence-electron chi connectivity index (χ2n) is 6.09. The van der Waals surface area contributed by atoms with E-state index in [9.17, 15) is 0 Å². The van der Waals surface area contributed by atoms with Crippen molar-refractivity contribution in [2.24, 2.45) is 17.8 Å². The average Bonchev–Trinajstić information content (AvgIpc) is 3.22. The predicted octanol–water partition coefficient (Wildman–Crippen LogP) is 3.67. The fourth-order valence-electron chi connectivity index (χ4n) is 3.60. The van der Waals surface area contributed by atoms with Gasteiger partial charge in [0.2, 0.25) is 11.8 Å². The lowest BCUT2D eigenvalue weighted by Gasteiger charge is -2.20. The van der Waals surface area contributed by atoms with E-state index < -0.39 is 0 Å². The van der Waals surface area contributed by atoms with Crippen LogP contribution in [0.2, 0.25) is 0 Å². The molecule has 3 atom stereocenters. The van der Waals surface area contributed by atoms with Gasteiger partial charge in [0.1, 0.15) is 0 Å². The molecular formula is C17H19N3O. The quantitative estimate of drug-likeness (QED) is 0.869. The minimum Gasteiger partial charge on any atom is -0.421 e. The van der Waals surface area contributed by atoms with Crippen molar-refractivity contribution in [1.29, 1.82) is 0 Å². The second-order valence-corrected chi connectivity index (χ2v) is 6.09. The van der Waals surface area contributed by atoms with Crippen molar-refractivity contribution >= 4 is 5.69 Å². The van der Waals surface area contributed by atoms with Gasteiger partial charge in [-0.3, -0.25) is 0 Å². The van der Waals surface area contributed by atoms with Crippen LogP contribution in [0.5, 0.6) is 0 Å². The second kappa shape index (κ2) is 5.02. The number of nitrogens with zero attached hydrogens (tertiary/aromatic N) is 2. The Morgan fingerprint density at radius 1 is 1.19 bits per heavy atom. The minimum absolute atomic E-state index is 0.587. The Kier molecular flexibility index (Phi) is 3.02. The third-order valence-corrected chi connectivity index (χ3v) is 4.65. The van der Waals surface area contributed by atoms with Gasteiger partial charge in [-0.05, 0) is 42.7 Å². The summed E-state index contributed by atoms with van der Waals surface area (Å²) < 4.78 is 5.56. The molecule has 1 fully saturated rings. The van der Waals surface area contributed by atoms with Crippen LogP contribution in [-0.2, 0) is 0 Å². The topological polar surface area (TPSA) is 51.0 Å². The van der Waals surface area contributed by atoms with Crippen molar-refractivity contribution in [1.82, 2.24) is 10.2 Å². The van der Waals surface area contributed by atoms with Crippen LogP contribution in [0, 0.1) is 24.7 Å². The van der Waals surface area contributed by atoms with Gasteiger partial charge in [0, 0.05) is 19.2 Å². The molecule has 2 aromatic rings. The fourth-order valence-corrected chi connectivity index (χ4v) is 3.60. The van der Waals surface area contributed by atoms with Crippen LogP contribution >= 0.6 is 0 Å². The van der Waals surface area contributed by atoms with Gasteiger partial charge >= 0.3 is 0 Å². The molecule has 0 saturated heterocycles. The number of hydrogen-bond acceptors (Lipinski definition) is 4. The van der Waals surface area contributed by atoms with Gasteiger partial charge in [0.25, 0.3) is 0 Å². The van der Waals surface area contributed by atoms with E-state index in [4.69, 9.17) is 4.42 Å². The molecule has 3 unspecified atom stereocenters. The van der Waals surface area contributed by atoms with Crippen LogP contribution in [0.15, 0.2) is 40.8 Å². The molecule has 0 radical (unpaired) electrons. The number of fused-ring (bicyclic) bond motifs is 2. The summed E-state index contributed by atoms with van der Waals surface area (Å²) in [6, 6.07) is 8.14. The lowest BCUT2D eigenvalue weighted by atomic mass is 9.93. The Balaban J connectivity index is 1.51. The highest BCUT2D eigenvalue weighted by Gasteiger charge is 2.35. The number of anilines is 1. The summed E-state index contributed by atoms with van der Waals surface area (Å²) in [6.45, 7) is 2.82. The molecular weight excluding hydrogens is 262 g/mol. The zero-order chi connectivity index (χ0) is 14.2. The van der Waals surface area contributed by atoms with Crippen LogP contribution in [0.3, 0.4) is 0 Å². The van der Waals surface area contributed by atoms with Crippen molar-refractivity contribution in [2.75, 3.05) is 11.9 Å². The van der Waals surface area contributed by atoms with Crippen molar-refractivity contribution < 1.29 is 4.42 Å². The third kappa shape index (κ3) is 2.35. The highest BCUT2D eigenvalue weighted by atomic mass is 16.4. The van der Waals surface area contributed by atoms with Gasteiger partial charge < -0.3 is 9.73 Å². The van der Waals surface area contributed by atoms with Crippen LogP contribution in [-0.4, -0.2) is 16.7 Å². The van der Waals surface area contributed by atoms with Crippen LogP contribution in [0.1, 0.15) is 18.7 Å². The molecule has 0 spiro atoms. The van der Waals surface area contributed by atoms with Gasteiger partial charge in [-0.15, -0.1) is 10.2 Å². The maximum Gasteiger partial charge on any atom is 0.249 e. The summed E-state index contributed by atoms with van der Waals surface area (Å²) in [7, 11) is 0. The maximum atomic E-state index is 5.56. The van der Waals surface area contributed by atoms with Crippen molar-refractivity contribution in [3.63, 3.8) is 0 Å². The van der Waals surface area contributed by atoms with E-state index >= 15 is 0 Å². The summed E-state index contributed by atoms with van der Waals surface area (Å²) in [6.07, 6.45) is 7.44. The van der Waals surface area contributed by atoms with Crippen LogP contribution in [0.4, 0.5) is 5.69 Å². The molecule has 21 heavy (non-hydrogen) atoms. The van der Waals surface area contributed by atoms with Gasteiger partial charge in [0.15, 0.2) is 0 Å². The Labute approximate surface area is 124 Å². The molecule has 4 nitrogen and oxygen atoms in total. The average molecular weight is 281 g/mol. The van der Waals surface area contributed by atoms with E-state index in [1.165, 1.54) is 12.8 Å². The summed E-state index contributed by atoms with van der Waals surface area (Å²) >= 11 is 0. The molecule has 1 saturated carbocycles. The molecule has 4 rings (SSSR count). The minimum atomic E-state index is 0.587. The molecule has 2 aliphatic rings. The molecule has 0 aliphatic heterocycles. The highest BCUT2D eigenvalue weighted by Crippen LogP contribution is 2.43. The number of aryl methyl sites for hydroxylation is 1. The summed E-state index contributed by atoms with van der Waals surface area (Å²) in [5.41, 5.74) is 2.06. The molecule has 1 heterocycles. The van der Waals surface area contributed by atoms with Crippen LogP contribution in [0.25, 0.3) is 11.5 Å². The molecule has 4 heteroatoms. The normalized spacial score (nSPS) is 26.4. The van der Waals surface area contributed by atoms with Gasteiger partial charge in [-0.1, -0.05) is 24.3 Å². The van der Waals surface area contributed by atoms with E-state index in [0.29, 0.717) is 11.8 Å². The van der Waals surface area contributed by atoms with E-state index in [0.717, 1.165) is 35.5 Å². The number of allylic oxidation sites excluding steroid dienone is 2. The summed E-state index contributed by atoms with van der Waals surface area (Å²) in [5.74, 6) is 3.51. The Bertz CT molecular complexity index is 676. The molecule has 1 N–H and O–H groups in total. The monoisotopic (exact) mass is 281 g/mol. The number of hydrogen-bond donors (Lipinski definition) is 1. The first kappa shape index (κ1) is 12.6. The SMILES string of the molecule is Cc1nnc(-c2ccccc2NCC2CC3C=CC2C3)o1. The van der Waals surface area contributed by atoms with Crippen molar-refractivity contribution in [3.8, 4) is 11.5 Å². The van der Waals surface area contributed by atoms with Crippen LogP contribution < -0.4 is 5.32 Å². The molecule has 1 aromatic heterocycles. The lowest BCUT2D eigenvalue weighted by molar-refractivity contribution is 0.472. The number of benzene rings is 1. The Morgan fingerprint density at radius 3 is 2.81 bits per heavy atom. The van der Waals surface area contributed by atoms with E-state index in [1.54, 1.807) is 0 Å². The predicted molar refractivity (Wildman–Crippen MR) is 81.8 cm³/mol. The van der Waals surface area contributed by atoms with E-state index in [1.807, 2.05) is 25.1 Å². The largest absolute Gasteiger partial charge is 0.421 e. The first-order valence-electron chi connectivity index (χ1n) is 7.61. The summed E-state index contributed by atoms with van der Waals surface area (Å²) in [5, 5.41) is 11.6. The van der Waals surface area contributed by atoms with Gasteiger partial charge in [-0.25, -0.2) is 0 Å².